The van der Waals surface area contributed by atoms with E-state index in [9.17, 15) is 31.1 Å². The number of benzene rings is 1. The highest BCUT2D eigenvalue weighted by Gasteiger charge is 2.37. The number of halogens is 6. The van der Waals surface area contributed by atoms with E-state index in [0.717, 1.165) is 0 Å². The van der Waals surface area contributed by atoms with Crippen molar-refractivity contribution in [2.45, 2.75) is 18.8 Å². The Labute approximate surface area is 293 Å². The predicted octanol–water partition coefficient (Wildman–Crippen LogP) is 2.61. The Hall–Kier alpha value is -2.40. The minimum Gasteiger partial charge on any atom is -0.379 e. The maximum absolute atomic E-state index is 13.0. The van der Waals surface area contributed by atoms with Gasteiger partial charge in [-0.2, -0.15) is 26.3 Å². The Bertz CT molecular complexity index is 1010. The molecule has 0 aliphatic rings. The third-order valence-electron chi connectivity index (χ3n) is 5.92. The Morgan fingerprint density at radius 2 is 0.920 bits per heavy atom. The molecule has 0 heterocycles. The Morgan fingerprint density at radius 1 is 0.560 bits per heavy atom. The average Bonchev–Trinajstić information content (AvgIpc) is 3.06. The van der Waals surface area contributed by atoms with Crippen LogP contribution in [0.1, 0.15) is 17.5 Å². The average molecular weight is 755 g/mol. The van der Waals surface area contributed by atoms with E-state index in [0.29, 0.717) is 111 Å². The van der Waals surface area contributed by atoms with Crippen LogP contribution in [0.15, 0.2) is 18.2 Å². The molecular formula is C30H48F6N4O9S. The van der Waals surface area contributed by atoms with Crippen LogP contribution < -0.4 is 21.7 Å². The van der Waals surface area contributed by atoms with Gasteiger partial charge in [-0.25, -0.2) is 0 Å². The maximum atomic E-state index is 13.0. The SMILES string of the molecule is NCCNC(=O)CCOCCOCCOCCOCCOCCOCCOCCOCCNC(=S)Nc1cc(C(F)(F)F)cc(C(F)(F)F)c1. The normalized spacial score (nSPS) is 11.9. The van der Waals surface area contributed by atoms with Gasteiger partial charge in [-0.15, -0.1) is 0 Å². The first kappa shape index (κ1) is 45.6. The predicted molar refractivity (Wildman–Crippen MR) is 174 cm³/mol. The lowest BCUT2D eigenvalue weighted by molar-refractivity contribution is -0.143. The van der Waals surface area contributed by atoms with Crippen molar-refractivity contribution < 1.29 is 69.0 Å². The largest absolute Gasteiger partial charge is 0.416 e. The molecule has 5 N–H and O–H groups in total. The second-order valence-corrected chi connectivity index (χ2v) is 10.4. The van der Waals surface area contributed by atoms with Crippen molar-refractivity contribution in [1.82, 2.24) is 10.6 Å². The molecule has 0 aliphatic carbocycles. The van der Waals surface area contributed by atoms with Gasteiger partial charge in [0.2, 0.25) is 5.91 Å². The monoisotopic (exact) mass is 754 g/mol. The summed E-state index contributed by atoms with van der Waals surface area (Å²) in [5.74, 6) is -0.0918. The summed E-state index contributed by atoms with van der Waals surface area (Å²) in [4.78, 5) is 11.4. The minimum atomic E-state index is -4.96. The second kappa shape index (κ2) is 28.2. The van der Waals surface area contributed by atoms with Crippen LogP contribution in [0.25, 0.3) is 0 Å². The fourth-order valence-electron chi connectivity index (χ4n) is 3.55. The van der Waals surface area contributed by atoms with Crippen LogP contribution in [0.2, 0.25) is 0 Å². The van der Waals surface area contributed by atoms with Gasteiger partial charge in [0.25, 0.3) is 0 Å². The Kier molecular flexibility index (Phi) is 25.7. The van der Waals surface area contributed by atoms with E-state index in [4.69, 9.17) is 55.8 Å². The zero-order valence-corrected chi connectivity index (χ0v) is 28.6. The molecule has 20 heteroatoms. The molecule has 0 spiro atoms. The van der Waals surface area contributed by atoms with Gasteiger partial charge < -0.3 is 59.6 Å². The van der Waals surface area contributed by atoms with Crippen molar-refractivity contribution in [3.63, 3.8) is 0 Å². The van der Waals surface area contributed by atoms with Crippen molar-refractivity contribution in [1.29, 1.82) is 0 Å². The highest BCUT2D eigenvalue weighted by atomic mass is 32.1. The lowest BCUT2D eigenvalue weighted by Crippen LogP contribution is -2.31. The van der Waals surface area contributed by atoms with Gasteiger partial charge in [0.05, 0.1) is 117 Å². The van der Waals surface area contributed by atoms with Crippen LogP contribution in [0.5, 0.6) is 0 Å². The highest BCUT2D eigenvalue weighted by molar-refractivity contribution is 7.80. The first-order valence-corrected chi connectivity index (χ1v) is 16.3. The van der Waals surface area contributed by atoms with Gasteiger partial charge in [0.1, 0.15) is 0 Å². The van der Waals surface area contributed by atoms with Gasteiger partial charge in [0, 0.05) is 31.7 Å². The van der Waals surface area contributed by atoms with Gasteiger partial charge in [-0.05, 0) is 30.4 Å². The van der Waals surface area contributed by atoms with Crippen LogP contribution >= 0.6 is 12.2 Å². The molecule has 0 aromatic heterocycles. The molecule has 0 fully saturated rings. The summed E-state index contributed by atoms with van der Waals surface area (Å²) in [6.45, 7) is 6.88. The first-order chi connectivity index (χ1) is 23.9. The van der Waals surface area contributed by atoms with E-state index in [2.05, 4.69) is 16.0 Å². The quantitative estimate of drug-likeness (QED) is 0.0518. The molecule has 1 amide bonds. The molecule has 0 unspecified atom stereocenters. The molecule has 0 radical (unpaired) electrons. The molecule has 0 aliphatic heterocycles. The highest BCUT2D eigenvalue weighted by Crippen LogP contribution is 2.37. The number of thiocarbonyl (C=S) groups is 1. The number of nitrogens with one attached hydrogen (secondary N) is 3. The lowest BCUT2D eigenvalue weighted by Gasteiger charge is -2.16. The second-order valence-electron chi connectivity index (χ2n) is 9.96. The van der Waals surface area contributed by atoms with Gasteiger partial charge >= 0.3 is 12.4 Å². The van der Waals surface area contributed by atoms with Gasteiger partial charge in [-0.3, -0.25) is 4.79 Å². The summed E-state index contributed by atoms with van der Waals surface area (Å²) < 4.78 is 121. The lowest BCUT2D eigenvalue weighted by atomic mass is 10.1. The standard InChI is InChI=1S/C30H48F6N4O9S/c31-29(32,33)24-21-25(30(34,35)36)23-26(22-24)40-28(50)39-4-6-43-8-10-45-12-14-47-16-18-49-20-19-48-17-15-46-13-11-44-9-7-42-5-1-27(41)38-3-2-37/h21-23H,1-20,37H2,(H,38,41)(H2,39,40,50). The van der Waals surface area contributed by atoms with E-state index >= 15 is 0 Å². The number of nitrogens with two attached hydrogens (primary N) is 1. The number of carbonyl (C=O) groups excluding carboxylic acids is 1. The Balaban J connectivity index is 1.85. The third-order valence-corrected chi connectivity index (χ3v) is 6.17. The fourth-order valence-corrected chi connectivity index (χ4v) is 3.77. The topological polar surface area (TPSA) is 153 Å². The van der Waals surface area contributed by atoms with E-state index < -0.39 is 29.2 Å². The van der Waals surface area contributed by atoms with Crippen molar-refractivity contribution >= 4 is 28.9 Å². The summed E-state index contributed by atoms with van der Waals surface area (Å²) in [5.41, 5.74) is 1.97. The van der Waals surface area contributed by atoms with E-state index in [1.54, 1.807) is 0 Å². The number of hydrogen-bond acceptors (Lipinski definition) is 11. The molecule has 1 rings (SSSR count). The Morgan fingerprint density at radius 3 is 1.28 bits per heavy atom. The fraction of sp³-hybridized carbons (Fsp3) is 0.733. The minimum absolute atomic E-state index is 0.0389. The summed E-state index contributed by atoms with van der Waals surface area (Å²) in [6.07, 6.45) is -9.62. The maximum Gasteiger partial charge on any atom is 0.416 e. The number of carbonyl (C=O) groups is 1. The van der Waals surface area contributed by atoms with Crippen LogP contribution in [-0.2, 0) is 55.0 Å². The number of anilines is 1. The summed E-state index contributed by atoms with van der Waals surface area (Å²) in [5, 5.41) is 7.48. The van der Waals surface area contributed by atoms with Crippen molar-refractivity contribution in [3.05, 3.63) is 29.3 Å². The summed E-state index contributed by atoms with van der Waals surface area (Å²) in [6, 6.07) is 1.13. The van der Waals surface area contributed by atoms with E-state index in [1.807, 2.05) is 0 Å². The zero-order valence-electron chi connectivity index (χ0n) is 27.8. The number of amides is 1. The van der Waals surface area contributed by atoms with E-state index in [1.165, 1.54) is 0 Å². The zero-order chi connectivity index (χ0) is 36.9. The molecule has 0 saturated heterocycles. The van der Waals surface area contributed by atoms with Crippen molar-refractivity contribution in [3.8, 4) is 0 Å². The molecule has 1 aromatic rings. The molecule has 1 aromatic carbocycles. The number of ether oxygens (including phenoxy) is 8. The van der Waals surface area contributed by atoms with Crippen LogP contribution in [0.3, 0.4) is 0 Å². The van der Waals surface area contributed by atoms with Crippen LogP contribution in [-0.4, -0.2) is 136 Å². The molecule has 290 valence electrons. The van der Waals surface area contributed by atoms with E-state index in [-0.39, 0.29) is 49.9 Å². The van der Waals surface area contributed by atoms with Crippen LogP contribution in [0, 0.1) is 0 Å². The third kappa shape index (κ3) is 25.5. The first-order valence-electron chi connectivity index (χ1n) is 15.9. The van der Waals surface area contributed by atoms with Gasteiger partial charge in [0.15, 0.2) is 5.11 Å². The number of rotatable bonds is 30. The summed E-state index contributed by atoms with van der Waals surface area (Å²) >= 11 is 4.95. The van der Waals surface area contributed by atoms with Gasteiger partial charge in [-0.1, -0.05) is 0 Å². The summed E-state index contributed by atoms with van der Waals surface area (Å²) in [7, 11) is 0. The van der Waals surface area contributed by atoms with Crippen LogP contribution in [0.4, 0.5) is 32.0 Å². The molecule has 50 heavy (non-hydrogen) atoms. The molecule has 0 bridgehead atoms. The molecule has 0 saturated carbocycles. The smallest absolute Gasteiger partial charge is 0.379 e. The number of alkyl halides is 6. The van der Waals surface area contributed by atoms with Crippen molar-refractivity contribution in [2.24, 2.45) is 5.73 Å². The molecular weight excluding hydrogens is 706 g/mol. The molecule has 0 atom stereocenters. The van der Waals surface area contributed by atoms with Crippen molar-refractivity contribution in [2.75, 3.05) is 131 Å². The molecule has 13 nitrogen and oxygen atoms in total. The number of hydrogen-bond donors (Lipinski definition) is 4.